The van der Waals surface area contributed by atoms with Crippen LogP contribution in [0.4, 0.5) is 0 Å². The summed E-state index contributed by atoms with van der Waals surface area (Å²) in [6.45, 7) is 3.22. The van der Waals surface area contributed by atoms with Crippen molar-refractivity contribution in [1.29, 1.82) is 0 Å². The van der Waals surface area contributed by atoms with Gasteiger partial charge in [-0.25, -0.2) is 4.79 Å². The summed E-state index contributed by atoms with van der Waals surface area (Å²) >= 11 is 0. The fraction of sp³-hybridized carbons (Fsp3) is 0.188. The van der Waals surface area contributed by atoms with E-state index in [9.17, 15) is 9.90 Å². The van der Waals surface area contributed by atoms with Crippen LogP contribution in [0.25, 0.3) is 10.8 Å². The number of carbonyl (C=O) groups excluding carboxylic acids is 1. The number of hydrogen-bond donors (Lipinski definition) is 1. The second-order valence-electron chi connectivity index (χ2n) is 4.28. The maximum absolute atomic E-state index is 10.9. The molecule has 0 aliphatic carbocycles. The Hall–Kier alpha value is -2.33. The van der Waals surface area contributed by atoms with Crippen molar-refractivity contribution in [2.24, 2.45) is 0 Å². The average Bonchev–Trinajstić information content (AvgIpc) is 2.50. The molecule has 1 N–H and O–H groups in total. The van der Waals surface area contributed by atoms with E-state index in [0.717, 1.165) is 16.8 Å². The van der Waals surface area contributed by atoms with E-state index in [1.165, 1.54) is 0 Å². The van der Waals surface area contributed by atoms with Crippen LogP contribution in [-0.2, 0) is 9.53 Å². The molecule has 0 aliphatic rings. The van der Waals surface area contributed by atoms with E-state index in [2.05, 4.69) is 6.58 Å². The number of ether oxygens (including phenoxy) is 2. The monoisotopic (exact) mass is 272 g/mol. The first-order chi connectivity index (χ1) is 9.70. The third-order valence-corrected chi connectivity index (χ3v) is 2.77. The van der Waals surface area contributed by atoms with Crippen LogP contribution in [0.1, 0.15) is 0 Å². The van der Waals surface area contributed by atoms with Crippen molar-refractivity contribution in [2.45, 2.75) is 6.10 Å². The lowest BCUT2D eigenvalue weighted by molar-refractivity contribution is -0.141. The maximum Gasteiger partial charge on any atom is 0.330 e. The van der Waals surface area contributed by atoms with Gasteiger partial charge in [0, 0.05) is 11.5 Å². The number of aliphatic hydroxyl groups is 1. The van der Waals surface area contributed by atoms with Crippen LogP contribution in [0.5, 0.6) is 5.75 Å². The third-order valence-electron chi connectivity index (χ3n) is 2.77. The quantitative estimate of drug-likeness (QED) is 0.647. The zero-order valence-corrected chi connectivity index (χ0v) is 11.0. The van der Waals surface area contributed by atoms with Gasteiger partial charge in [-0.3, -0.25) is 0 Å². The summed E-state index contributed by atoms with van der Waals surface area (Å²) in [6, 6.07) is 13.5. The van der Waals surface area contributed by atoms with Gasteiger partial charge in [-0.2, -0.15) is 0 Å². The van der Waals surface area contributed by atoms with Crippen molar-refractivity contribution >= 4 is 16.7 Å². The van der Waals surface area contributed by atoms with Gasteiger partial charge in [0.2, 0.25) is 0 Å². The molecule has 0 aromatic heterocycles. The Morgan fingerprint density at radius 1 is 1.20 bits per heavy atom. The molecular weight excluding hydrogens is 256 g/mol. The first-order valence-corrected chi connectivity index (χ1v) is 6.28. The summed E-state index contributed by atoms with van der Waals surface area (Å²) in [5, 5.41) is 11.7. The summed E-state index contributed by atoms with van der Waals surface area (Å²) in [5.41, 5.74) is 0. The number of esters is 1. The Labute approximate surface area is 117 Å². The lowest BCUT2D eigenvalue weighted by Gasteiger charge is -2.13. The van der Waals surface area contributed by atoms with Crippen molar-refractivity contribution in [3.8, 4) is 5.75 Å². The van der Waals surface area contributed by atoms with E-state index in [1.54, 1.807) is 0 Å². The van der Waals surface area contributed by atoms with E-state index < -0.39 is 12.1 Å². The molecular formula is C16H16O4. The molecule has 2 rings (SSSR count). The van der Waals surface area contributed by atoms with Crippen molar-refractivity contribution < 1.29 is 19.4 Å². The topological polar surface area (TPSA) is 55.8 Å². The highest BCUT2D eigenvalue weighted by molar-refractivity contribution is 5.88. The van der Waals surface area contributed by atoms with Gasteiger partial charge in [-0.05, 0) is 11.5 Å². The van der Waals surface area contributed by atoms with E-state index in [0.29, 0.717) is 5.75 Å². The summed E-state index contributed by atoms with van der Waals surface area (Å²) in [6.07, 6.45) is 0.177. The molecule has 0 spiro atoms. The van der Waals surface area contributed by atoms with Crippen LogP contribution in [-0.4, -0.2) is 30.4 Å². The molecule has 2 aromatic rings. The minimum Gasteiger partial charge on any atom is -0.490 e. The number of aliphatic hydroxyl groups excluding tert-OH is 1. The molecule has 0 bridgehead atoms. The van der Waals surface area contributed by atoms with Gasteiger partial charge in [0.05, 0.1) is 0 Å². The third kappa shape index (κ3) is 3.59. The van der Waals surface area contributed by atoms with E-state index in [-0.39, 0.29) is 13.2 Å². The molecule has 0 aliphatic heterocycles. The van der Waals surface area contributed by atoms with Gasteiger partial charge in [0.15, 0.2) is 0 Å². The van der Waals surface area contributed by atoms with Crippen LogP contribution in [0.2, 0.25) is 0 Å². The normalized spacial score (nSPS) is 11.8. The number of hydrogen-bond acceptors (Lipinski definition) is 4. The molecule has 0 saturated carbocycles. The van der Waals surface area contributed by atoms with Gasteiger partial charge in [0.1, 0.15) is 25.1 Å². The molecule has 1 atom stereocenters. The van der Waals surface area contributed by atoms with E-state index in [4.69, 9.17) is 9.47 Å². The molecule has 104 valence electrons. The fourth-order valence-electron chi connectivity index (χ4n) is 1.79. The van der Waals surface area contributed by atoms with Gasteiger partial charge < -0.3 is 14.6 Å². The first kappa shape index (κ1) is 14.1. The predicted octanol–water partition coefficient (Wildman–Crippen LogP) is 2.31. The molecule has 0 amide bonds. The van der Waals surface area contributed by atoms with Crippen LogP contribution in [0.3, 0.4) is 0 Å². The van der Waals surface area contributed by atoms with E-state index in [1.807, 2.05) is 42.5 Å². The highest BCUT2D eigenvalue weighted by Gasteiger charge is 2.09. The maximum atomic E-state index is 10.9. The lowest BCUT2D eigenvalue weighted by atomic mass is 10.1. The van der Waals surface area contributed by atoms with Gasteiger partial charge in [-0.1, -0.05) is 43.0 Å². The molecule has 20 heavy (non-hydrogen) atoms. The first-order valence-electron chi connectivity index (χ1n) is 6.28. The molecule has 0 heterocycles. The van der Waals surface area contributed by atoms with Crippen molar-refractivity contribution in [3.05, 3.63) is 55.1 Å². The molecule has 0 saturated heterocycles. The summed E-state index contributed by atoms with van der Waals surface area (Å²) in [7, 11) is 0. The Balaban J connectivity index is 1.95. The van der Waals surface area contributed by atoms with Crippen LogP contribution in [0, 0.1) is 0 Å². The van der Waals surface area contributed by atoms with Crippen LogP contribution in [0.15, 0.2) is 55.1 Å². The summed E-state index contributed by atoms with van der Waals surface area (Å²) < 4.78 is 10.3. The Kier molecular flexibility index (Phi) is 4.74. The number of benzene rings is 2. The minimum atomic E-state index is -0.877. The summed E-state index contributed by atoms with van der Waals surface area (Å²) in [5.74, 6) is 0.131. The van der Waals surface area contributed by atoms with Crippen molar-refractivity contribution in [1.82, 2.24) is 0 Å². The highest BCUT2D eigenvalue weighted by Crippen LogP contribution is 2.25. The van der Waals surface area contributed by atoms with Gasteiger partial charge >= 0.3 is 5.97 Å². The SMILES string of the molecule is C=CC(=O)OC[C@@H](O)COc1cccc2ccccc12. The van der Waals surface area contributed by atoms with Gasteiger partial charge in [0.25, 0.3) is 0 Å². The zero-order valence-electron chi connectivity index (χ0n) is 11.0. The Morgan fingerprint density at radius 3 is 2.75 bits per heavy atom. The van der Waals surface area contributed by atoms with Crippen LogP contribution < -0.4 is 4.74 Å². The van der Waals surface area contributed by atoms with Gasteiger partial charge in [-0.15, -0.1) is 0 Å². The lowest BCUT2D eigenvalue weighted by Crippen LogP contribution is -2.24. The predicted molar refractivity (Wildman–Crippen MR) is 76.6 cm³/mol. The summed E-state index contributed by atoms with van der Waals surface area (Å²) in [4.78, 5) is 10.9. The second-order valence-corrected chi connectivity index (χ2v) is 4.28. The molecule has 4 heteroatoms. The van der Waals surface area contributed by atoms with Crippen molar-refractivity contribution in [3.63, 3.8) is 0 Å². The van der Waals surface area contributed by atoms with Crippen LogP contribution >= 0.6 is 0 Å². The Morgan fingerprint density at radius 2 is 1.95 bits per heavy atom. The molecule has 0 fully saturated rings. The molecule has 0 radical (unpaired) electrons. The molecule has 4 nitrogen and oxygen atoms in total. The highest BCUT2D eigenvalue weighted by atomic mass is 16.5. The average molecular weight is 272 g/mol. The second kappa shape index (κ2) is 6.73. The van der Waals surface area contributed by atoms with E-state index >= 15 is 0 Å². The molecule has 2 aromatic carbocycles. The molecule has 0 unspecified atom stereocenters. The largest absolute Gasteiger partial charge is 0.490 e. The standard InChI is InChI=1S/C16H16O4/c1-2-16(18)20-11-13(17)10-19-15-9-5-7-12-6-3-4-8-14(12)15/h2-9,13,17H,1,10-11H2/t13-/m0/s1. The number of rotatable bonds is 6. The van der Waals surface area contributed by atoms with Crippen molar-refractivity contribution in [2.75, 3.05) is 13.2 Å². The number of carbonyl (C=O) groups is 1. The minimum absolute atomic E-state index is 0.0540. The fourth-order valence-corrected chi connectivity index (χ4v) is 1.79. The zero-order chi connectivity index (χ0) is 14.4. The Bertz CT molecular complexity index is 601. The smallest absolute Gasteiger partial charge is 0.330 e. The number of fused-ring (bicyclic) bond motifs is 1.